The van der Waals surface area contributed by atoms with Crippen molar-refractivity contribution < 1.29 is 17.7 Å². The van der Waals surface area contributed by atoms with Crippen molar-refractivity contribution >= 4 is 15.7 Å². The normalized spacial score (nSPS) is 23.4. The smallest absolute Gasteiger partial charge is 0.258 e. The second-order valence-electron chi connectivity index (χ2n) is 5.61. The van der Waals surface area contributed by atoms with Crippen LogP contribution in [0.25, 0.3) is 0 Å². The zero-order valence-corrected chi connectivity index (χ0v) is 12.9. The van der Waals surface area contributed by atoms with E-state index < -0.39 is 26.5 Å². The Morgan fingerprint density at radius 3 is 2.29 bits per heavy atom. The highest BCUT2D eigenvalue weighted by Gasteiger charge is 2.36. The summed E-state index contributed by atoms with van der Waals surface area (Å²) in [6.45, 7) is 5.97. The lowest BCUT2D eigenvalue weighted by Gasteiger charge is -2.16. The molecule has 0 amide bonds. The zero-order chi connectivity index (χ0) is 15.9. The fraction of sp³-hybridized carbons (Fsp3) is 0.538. The molecule has 21 heavy (non-hydrogen) atoms. The molecule has 2 rings (SSSR count). The molecule has 1 aromatic rings. The van der Waals surface area contributed by atoms with Gasteiger partial charge in [0.15, 0.2) is 0 Å². The largest absolute Gasteiger partial charge is 0.306 e. The molecule has 1 saturated heterocycles. The number of halogens is 1. The van der Waals surface area contributed by atoms with Crippen molar-refractivity contribution in [2.75, 3.05) is 13.1 Å². The van der Waals surface area contributed by atoms with Gasteiger partial charge in [-0.2, -0.15) is 8.70 Å². The Hall–Kier alpha value is -1.54. The van der Waals surface area contributed by atoms with E-state index in [-0.39, 0.29) is 22.3 Å². The van der Waals surface area contributed by atoms with Crippen LogP contribution in [-0.4, -0.2) is 30.7 Å². The number of nitro benzene ring substituents is 1. The molecule has 2 atom stereocenters. The number of benzene rings is 1. The minimum absolute atomic E-state index is 0.0527. The van der Waals surface area contributed by atoms with Gasteiger partial charge < -0.3 is 0 Å². The summed E-state index contributed by atoms with van der Waals surface area (Å²) in [6, 6.07) is 1.94. The lowest BCUT2D eigenvalue weighted by molar-refractivity contribution is -0.387. The van der Waals surface area contributed by atoms with Crippen LogP contribution in [0.15, 0.2) is 17.0 Å². The predicted molar refractivity (Wildman–Crippen MR) is 74.9 cm³/mol. The van der Waals surface area contributed by atoms with Gasteiger partial charge in [-0.3, -0.25) is 10.1 Å². The predicted octanol–water partition coefficient (Wildman–Crippen LogP) is 2.32. The minimum Gasteiger partial charge on any atom is -0.258 e. The van der Waals surface area contributed by atoms with Gasteiger partial charge in [0, 0.05) is 19.2 Å². The summed E-state index contributed by atoms with van der Waals surface area (Å²) in [5, 5.41) is 10.8. The zero-order valence-electron chi connectivity index (χ0n) is 12.0. The maximum Gasteiger partial charge on any atom is 0.306 e. The second kappa shape index (κ2) is 5.34. The third kappa shape index (κ3) is 2.77. The number of nitrogens with zero attached hydrogens (tertiary/aromatic N) is 2. The van der Waals surface area contributed by atoms with Crippen LogP contribution in [0.5, 0.6) is 0 Å². The molecule has 1 aliphatic heterocycles. The molecule has 0 spiro atoms. The molecular weight excluding hydrogens is 299 g/mol. The first-order valence-corrected chi connectivity index (χ1v) is 8.03. The number of aryl methyl sites for hydroxylation is 1. The van der Waals surface area contributed by atoms with E-state index in [1.54, 1.807) is 0 Å². The number of rotatable bonds is 3. The van der Waals surface area contributed by atoms with Crippen LogP contribution in [0.2, 0.25) is 0 Å². The molecule has 2 unspecified atom stereocenters. The molecule has 8 heteroatoms. The highest BCUT2D eigenvalue weighted by Crippen LogP contribution is 2.31. The Labute approximate surface area is 122 Å². The van der Waals surface area contributed by atoms with Crippen LogP contribution in [0.4, 0.5) is 10.1 Å². The molecule has 1 aromatic carbocycles. The van der Waals surface area contributed by atoms with Gasteiger partial charge in [0.25, 0.3) is 0 Å². The van der Waals surface area contributed by atoms with E-state index in [2.05, 4.69) is 0 Å². The first-order valence-electron chi connectivity index (χ1n) is 6.59. The van der Waals surface area contributed by atoms with Crippen molar-refractivity contribution in [2.45, 2.75) is 25.7 Å². The molecule has 0 aromatic heterocycles. The van der Waals surface area contributed by atoms with E-state index in [4.69, 9.17) is 0 Å². The third-order valence-corrected chi connectivity index (χ3v) is 5.81. The number of hydrogen-bond acceptors (Lipinski definition) is 4. The van der Waals surface area contributed by atoms with E-state index in [0.29, 0.717) is 13.1 Å². The maximum absolute atomic E-state index is 13.7. The van der Waals surface area contributed by atoms with Crippen molar-refractivity contribution in [1.29, 1.82) is 0 Å². The fourth-order valence-electron chi connectivity index (χ4n) is 2.42. The molecule has 1 heterocycles. The van der Waals surface area contributed by atoms with E-state index in [1.165, 1.54) is 11.2 Å². The minimum atomic E-state index is -3.84. The quantitative estimate of drug-likeness (QED) is 0.633. The molecule has 1 aliphatic rings. The summed E-state index contributed by atoms with van der Waals surface area (Å²) >= 11 is 0. The molecule has 1 fully saturated rings. The Morgan fingerprint density at radius 2 is 1.81 bits per heavy atom. The van der Waals surface area contributed by atoms with Crippen molar-refractivity contribution in [3.8, 4) is 0 Å². The van der Waals surface area contributed by atoms with Crippen molar-refractivity contribution in [1.82, 2.24) is 4.31 Å². The maximum atomic E-state index is 13.7. The van der Waals surface area contributed by atoms with Gasteiger partial charge >= 0.3 is 5.69 Å². The van der Waals surface area contributed by atoms with Crippen molar-refractivity contribution in [2.24, 2.45) is 11.8 Å². The van der Waals surface area contributed by atoms with Gasteiger partial charge in [-0.15, -0.1) is 0 Å². The van der Waals surface area contributed by atoms with Crippen LogP contribution in [0.1, 0.15) is 19.4 Å². The van der Waals surface area contributed by atoms with Gasteiger partial charge in [-0.25, -0.2) is 8.42 Å². The molecule has 0 saturated carbocycles. The fourth-order valence-corrected chi connectivity index (χ4v) is 4.17. The van der Waals surface area contributed by atoms with E-state index in [1.807, 2.05) is 13.8 Å². The monoisotopic (exact) mass is 316 g/mol. The lowest BCUT2D eigenvalue weighted by atomic mass is 10.0. The third-order valence-electron chi connectivity index (χ3n) is 4.00. The Morgan fingerprint density at radius 1 is 1.29 bits per heavy atom. The van der Waals surface area contributed by atoms with E-state index >= 15 is 0 Å². The average molecular weight is 316 g/mol. The SMILES string of the molecule is Cc1cc(S(=O)(=O)N2CC(C)C(C)C2)cc([N+](=O)[O-])c1F. The number of hydrogen-bond donors (Lipinski definition) is 0. The Bertz CT molecular complexity index is 680. The highest BCUT2D eigenvalue weighted by atomic mass is 32.2. The topological polar surface area (TPSA) is 80.5 Å². The van der Waals surface area contributed by atoms with Crippen molar-refractivity contribution in [3.63, 3.8) is 0 Å². The van der Waals surface area contributed by atoms with Crippen LogP contribution >= 0.6 is 0 Å². The molecular formula is C13H17FN2O4S. The van der Waals surface area contributed by atoms with E-state index in [9.17, 15) is 22.9 Å². The van der Waals surface area contributed by atoms with Crippen LogP contribution in [0, 0.1) is 34.7 Å². The summed E-state index contributed by atoms with van der Waals surface area (Å²) in [4.78, 5) is 9.70. The summed E-state index contributed by atoms with van der Waals surface area (Å²) in [5.41, 5.74) is -0.864. The molecule has 0 N–H and O–H groups in total. The summed E-state index contributed by atoms with van der Waals surface area (Å²) in [7, 11) is -3.84. The second-order valence-corrected chi connectivity index (χ2v) is 7.54. The molecule has 0 aliphatic carbocycles. The molecule has 116 valence electrons. The van der Waals surface area contributed by atoms with Gasteiger partial charge in [-0.1, -0.05) is 13.8 Å². The van der Waals surface area contributed by atoms with Gasteiger partial charge in [0.05, 0.1) is 9.82 Å². The molecule has 0 bridgehead atoms. The summed E-state index contributed by atoms with van der Waals surface area (Å²) in [5.74, 6) is -0.560. The lowest BCUT2D eigenvalue weighted by Crippen LogP contribution is -2.29. The van der Waals surface area contributed by atoms with Gasteiger partial charge in [0.1, 0.15) is 0 Å². The number of nitro groups is 1. The first kappa shape index (κ1) is 15.8. The van der Waals surface area contributed by atoms with E-state index in [0.717, 1.165) is 12.1 Å². The van der Waals surface area contributed by atoms with Gasteiger partial charge in [0.2, 0.25) is 15.8 Å². The summed E-state index contributed by atoms with van der Waals surface area (Å²) in [6.07, 6.45) is 0. The Kier molecular flexibility index (Phi) is 4.03. The van der Waals surface area contributed by atoms with Crippen LogP contribution < -0.4 is 0 Å². The average Bonchev–Trinajstić information content (AvgIpc) is 2.73. The van der Waals surface area contributed by atoms with Gasteiger partial charge in [-0.05, 0) is 30.4 Å². The highest BCUT2D eigenvalue weighted by molar-refractivity contribution is 7.89. The van der Waals surface area contributed by atoms with Crippen molar-refractivity contribution in [3.05, 3.63) is 33.6 Å². The first-order chi connectivity index (χ1) is 9.64. The Balaban J connectivity index is 2.49. The summed E-state index contributed by atoms with van der Waals surface area (Å²) < 4.78 is 40.1. The number of sulfonamides is 1. The van der Waals surface area contributed by atoms with Crippen LogP contribution in [0.3, 0.4) is 0 Å². The molecule has 0 radical (unpaired) electrons. The van der Waals surface area contributed by atoms with Crippen LogP contribution in [-0.2, 0) is 10.0 Å². The molecule has 6 nitrogen and oxygen atoms in total. The standard InChI is InChI=1S/C13H17FN2O4S/c1-8-4-11(5-12(13(8)14)16(17)18)21(19,20)15-6-9(2)10(3)7-15/h4-5,9-10H,6-7H2,1-3H3.